The predicted molar refractivity (Wildman–Crippen MR) is 47.0 cm³/mol. The van der Waals surface area contributed by atoms with Gasteiger partial charge in [0.15, 0.2) is 0 Å². The normalized spacial score (nSPS) is 11.6. The fraction of sp³-hybridized carbons (Fsp3) is 0.429. The van der Waals surface area contributed by atoms with E-state index in [1.54, 1.807) is 0 Å². The lowest BCUT2D eigenvalue weighted by Crippen LogP contribution is -2.22. The van der Waals surface area contributed by atoms with Gasteiger partial charge in [-0.1, -0.05) is 0 Å². The van der Waals surface area contributed by atoms with E-state index in [0.717, 1.165) is 4.57 Å². The molecule has 0 N–H and O–H groups in total. The number of aryl methyl sites for hydroxylation is 1. The third kappa shape index (κ3) is 3.82. The average Bonchev–Trinajstić information content (AvgIpc) is 2.06. The van der Waals surface area contributed by atoms with E-state index < -0.39 is 11.2 Å². The Balaban J connectivity index is 2.47. The highest BCUT2D eigenvalue weighted by atomic mass is 32.2. The maximum absolute atomic E-state index is 11.7. The zero-order valence-electron chi connectivity index (χ0n) is 6.99. The number of aromatic nitrogens is 2. The van der Waals surface area contributed by atoms with Crippen LogP contribution in [0.25, 0.3) is 0 Å². The summed E-state index contributed by atoms with van der Waals surface area (Å²) in [6.07, 6.45) is 2.71. The van der Waals surface area contributed by atoms with Crippen molar-refractivity contribution in [3.05, 3.63) is 28.9 Å². The summed E-state index contributed by atoms with van der Waals surface area (Å²) in [7, 11) is 0. The lowest BCUT2D eigenvalue weighted by atomic mass is 10.6. The highest BCUT2D eigenvalue weighted by Crippen LogP contribution is 2.29. The van der Waals surface area contributed by atoms with E-state index in [-0.39, 0.29) is 24.1 Å². The standard InChI is InChI=1S/C7H7F3N2OS/c8-7(9,10)14-5-4-12-3-1-2-11-6(12)13/h1-3H,4-5H2. The van der Waals surface area contributed by atoms with Gasteiger partial charge in [0, 0.05) is 24.7 Å². The molecule has 0 aliphatic heterocycles. The summed E-state index contributed by atoms with van der Waals surface area (Å²) in [6.45, 7) is 0.0108. The third-order valence-electron chi connectivity index (χ3n) is 1.38. The Morgan fingerprint density at radius 1 is 1.50 bits per heavy atom. The fourth-order valence-corrected chi connectivity index (χ4v) is 1.34. The van der Waals surface area contributed by atoms with Gasteiger partial charge in [0.1, 0.15) is 0 Å². The summed E-state index contributed by atoms with van der Waals surface area (Å²) < 4.78 is 36.3. The number of hydrogen-bond acceptors (Lipinski definition) is 3. The monoisotopic (exact) mass is 224 g/mol. The number of alkyl halides is 3. The van der Waals surface area contributed by atoms with Crippen LogP contribution in [0.1, 0.15) is 0 Å². The number of nitrogens with zero attached hydrogens (tertiary/aromatic N) is 2. The molecule has 3 nitrogen and oxygen atoms in total. The van der Waals surface area contributed by atoms with Gasteiger partial charge in [-0.15, -0.1) is 0 Å². The molecule has 0 saturated heterocycles. The van der Waals surface area contributed by atoms with Crippen LogP contribution in [0.4, 0.5) is 13.2 Å². The molecule has 0 aromatic carbocycles. The maximum Gasteiger partial charge on any atom is 0.441 e. The van der Waals surface area contributed by atoms with Crippen molar-refractivity contribution in [2.75, 3.05) is 5.75 Å². The van der Waals surface area contributed by atoms with Crippen LogP contribution in [0.15, 0.2) is 23.3 Å². The molecule has 1 aromatic rings. The highest BCUT2D eigenvalue weighted by Gasteiger charge is 2.27. The minimum absolute atomic E-state index is 0.0108. The highest BCUT2D eigenvalue weighted by molar-refractivity contribution is 8.00. The Labute approximate surface area is 82.0 Å². The van der Waals surface area contributed by atoms with Crippen LogP contribution in [-0.2, 0) is 6.54 Å². The van der Waals surface area contributed by atoms with E-state index in [1.807, 2.05) is 0 Å². The summed E-state index contributed by atoms with van der Waals surface area (Å²) in [5.41, 5.74) is -4.78. The Morgan fingerprint density at radius 2 is 2.21 bits per heavy atom. The summed E-state index contributed by atoms with van der Waals surface area (Å²) in [5.74, 6) is -0.185. The smallest absolute Gasteiger partial charge is 0.298 e. The number of hydrogen-bond donors (Lipinski definition) is 0. The van der Waals surface area contributed by atoms with Crippen molar-refractivity contribution in [1.29, 1.82) is 0 Å². The quantitative estimate of drug-likeness (QED) is 0.780. The van der Waals surface area contributed by atoms with Crippen molar-refractivity contribution in [2.45, 2.75) is 12.1 Å². The van der Waals surface area contributed by atoms with Gasteiger partial charge in [0.2, 0.25) is 0 Å². The van der Waals surface area contributed by atoms with Crippen molar-refractivity contribution in [2.24, 2.45) is 0 Å². The second-order valence-corrected chi connectivity index (χ2v) is 3.55. The molecule has 14 heavy (non-hydrogen) atoms. The van der Waals surface area contributed by atoms with E-state index in [4.69, 9.17) is 0 Å². The molecule has 0 radical (unpaired) electrons. The molecule has 0 spiro atoms. The van der Waals surface area contributed by atoms with Crippen LogP contribution in [-0.4, -0.2) is 20.8 Å². The molecule has 0 bridgehead atoms. The lowest BCUT2D eigenvalue weighted by molar-refractivity contribution is -0.0328. The van der Waals surface area contributed by atoms with Crippen molar-refractivity contribution >= 4 is 11.8 Å². The van der Waals surface area contributed by atoms with Crippen LogP contribution >= 0.6 is 11.8 Å². The van der Waals surface area contributed by atoms with Gasteiger partial charge < -0.3 is 0 Å². The molecule has 1 aromatic heterocycles. The van der Waals surface area contributed by atoms with Gasteiger partial charge in [0.25, 0.3) is 0 Å². The molecular formula is C7H7F3N2OS. The molecule has 1 rings (SSSR count). The first-order valence-corrected chi connectivity index (χ1v) is 4.70. The zero-order valence-corrected chi connectivity index (χ0v) is 7.81. The van der Waals surface area contributed by atoms with Gasteiger partial charge >= 0.3 is 11.2 Å². The minimum atomic E-state index is -4.24. The van der Waals surface area contributed by atoms with Crippen LogP contribution in [0.3, 0.4) is 0 Å². The summed E-state index contributed by atoms with van der Waals surface area (Å²) in [6, 6.07) is 1.50. The third-order valence-corrected chi connectivity index (χ3v) is 2.09. The van der Waals surface area contributed by atoms with Crippen LogP contribution in [0.2, 0.25) is 0 Å². The molecule has 0 aliphatic rings. The topological polar surface area (TPSA) is 34.9 Å². The molecule has 0 amide bonds. The number of rotatable bonds is 3. The fourth-order valence-electron chi connectivity index (χ4n) is 0.817. The SMILES string of the molecule is O=c1ncccn1CCSC(F)(F)F. The first-order valence-electron chi connectivity index (χ1n) is 3.71. The maximum atomic E-state index is 11.7. The van der Waals surface area contributed by atoms with E-state index in [2.05, 4.69) is 4.98 Å². The van der Waals surface area contributed by atoms with Crippen LogP contribution in [0.5, 0.6) is 0 Å². The van der Waals surface area contributed by atoms with Gasteiger partial charge in [-0.2, -0.15) is 13.2 Å². The van der Waals surface area contributed by atoms with Crippen LogP contribution in [0, 0.1) is 0 Å². The van der Waals surface area contributed by atoms with Crippen molar-refractivity contribution in [3.63, 3.8) is 0 Å². The Hall–Kier alpha value is -0.980. The summed E-state index contributed by atoms with van der Waals surface area (Å²) in [4.78, 5) is 14.3. The minimum Gasteiger partial charge on any atom is -0.298 e. The molecule has 0 unspecified atom stereocenters. The van der Waals surface area contributed by atoms with E-state index in [0.29, 0.717) is 0 Å². The van der Waals surface area contributed by atoms with Gasteiger partial charge in [-0.05, 0) is 17.8 Å². The van der Waals surface area contributed by atoms with Crippen molar-refractivity contribution in [1.82, 2.24) is 9.55 Å². The second-order valence-electron chi connectivity index (χ2n) is 2.39. The van der Waals surface area contributed by atoms with Gasteiger partial charge in [-0.25, -0.2) is 9.78 Å². The summed E-state index contributed by atoms with van der Waals surface area (Å²) >= 11 is -0.150. The lowest BCUT2D eigenvalue weighted by Gasteiger charge is -2.06. The first-order chi connectivity index (χ1) is 6.49. The van der Waals surface area contributed by atoms with Crippen LogP contribution < -0.4 is 5.69 Å². The number of halogens is 3. The molecule has 0 saturated carbocycles. The molecule has 7 heteroatoms. The molecular weight excluding hydrogens is 217 g/mol. The van der Waals surface area contributed by atoms with E-state index in [1.165, 1.54) is 18.5 Å². The van der Waals surface area contributed by atoms with Crippen molar-refractivity contribution in [3.8, 4) is 0 Å². The molecule has 0 atom stereocenters. The largest absolute Gasteiger partial charge is 0.441 e. The van der Waals surface area contributed by atoms with Crippen molar-refractivity contribution < 1.29 is 13.2 Å². The molecule has 78 valence electrons. The molecule has 0 fully saturated rings. The Bertz CT molecular complexity index is 349. The summed E-state index contributed by atoms with van der Waals surface area (Å²) in [5, 5.41) is 0. The molecule has 1 heterocycles. The average molecular weight is 224 g/mol. The van der Waals surface area contributed by atoms with Gasteiger partial charge in [-0.3, -0.25) is 4.57 Å². The predicted octanol–water partition coefficient (Wildman–Crippen LogP) is 1.50. The first kappa shape index (κ1) is 11.1. The molecule has 0 aliphatic carbocycles. The Morgan fingerprint density at radius 3 is 2.79 bits per heavy atom. The number of thioether (sulfide) groups is 1. The van der Waals surface area contributed by atoms with E-state index >= 15 is 0 Å². The van der Waals surface area contributed by atoms with E-state index in [9.17, 15) is 18.0 Å². The Kier molecular flexibility index (Phi) is 3.56. The van der Waals surface area contributed by atoms with Gasteiger partial charge in [0.05, 0.1) is 0 Å². The second kappa shape index (κ2) is 4.50. The zero-order chi connectivity index (χ0) is 10.6.